The first-order valence-corrected chi connectivity index (χ1v) is 6.04. The summed E-state index contributed by atoms with van der Waals surface area (Å²) in [6.07, 6.45) is 0.872. The highest BCUT2D eigenvalue weighted by Gasteiger charge is 2.41. The van der Waals surface area contributed by atoms with Crippen molar-refractivity contribution in [2.24, 2.45) is 0 Å². The summed E-state index contributed by atoms with van der Waals surface area (Å²) < 4.78 is 16.0. The zero-order chi connectivity index (χ0) is 12.1. The molecule has 0 rings (SSSR count). The number of esters is 1. The van der Waals surface area contributed by atoms with Crippen LogP contribution >= 0.6 is 8.03 Å². The molecule has 4 nitrogen and oxygen atoms in total. The second-order valence-corrected chi connectivity index (χ2v) is 5.01. The topological polar surface area (TPSA) is 66.4 Å². The van der Waals surface area contributed by atoms with Crippen LogP contribution in [0.4, 0.5) is 0 Å². The van der Waals surface area contributed by atoms with Gasteiger partial charge in [-0.3, -0.25) is 0 Å². The molecular weight excluding hydrogens is 215 g/mol. The van der Waals surface area contributed by atoms with Crippen molar-refractivity contribution in [1.29, 1.82) is 0 Å². The molecular formula is C10H17O4P. The van der Waals surface area contributed by atoms with Gasteiger partial charge in [-0.2, -0.15) is 0 Å². The van der Waals surface area contributed by atoms with Crippen LogP contribution in [0, 0.1) is 0 Å². The van der Waals surface area contributed by atoms with Crippen molar-refractivity contribution < 1.29 is 19.0 Å². The van der Waals surface area contributed by atoms with E-state index in [0.29, 0.717) is 12.8 Å². The van der Waals surface area contributed by atoms with Gasteiger partial charge in [0.15, 0.2) is 5.16 Å². The van der Waals surface area contributed by atoms with Gasteiger partial charge in [0.1, 0.15) is 6.61 Å². The lowest BCUT2D eigenvalue weighted by atomic mass is 10.0. The molecule has 0 saturated carbocycles. The summed E-state index contributed by atoms with van der Waals surface area (Å²) in [5.41, 5.74) is 0.275. The van der Waals surface area contributed by atoms with Gasteiger partial charge in [0.05, 0.1) is 0 Å². The number of hydrogen-bond donors (Lipinski definition) is 0. The zero-order valence-electron chi connectivity index (χ0n) is 9.41. The Hall–Kier alpha value is -0.730. The van der Waals surface area contributed by atoms with E-state index in [1.807, 2.05) is 0 Å². The van der Waals surface area contributed by atoms with Gasteiger partial charge in [0.2, 0.25) is 0 Å². The molecule has 5 heteroatoms. The first-order valence-electron chi connectivity index (χ1n) is 4.86. The van der Waals surface area contributed by atoms with E-state index in [2.05, 4.69) is 6.58 Å². The summed E-state index contributed by atoms with van der Waals surface area (Å²) in [5, 5.41) is -0.930. The lowest BCUT2D eigenvalue weighted by molar-refractivity contribution is -0.172. The molecule has 0 aliphatic carbocycles. The van der Waals surface area contributed by atoms with Crippen molar-refractivity contribution in [2.75, 3.05) is 6.61 Å². The fourth-order valence-electron chi connectivity index (χ4n) is 1.09. The van der Waals surface area contributed by atoms with Crippen molar-refractivity contribution in [3.05, 3.63) is 12.2 Å². The lowest BCUT2D eigenvalue weighted by Crippen LogP contribution is -2.33. The molecule has 0 saturated heterocycles. The summed E-state index contributed by atoms with van der Waals surface area (Å²) in [6.45, 7) is 8.39. The van der Waals surface area contributed by atoms with Crippen LogP contribution in [0.1, 0.15) is 33.6 Å². The Morgan fingerprint density at radius 1 is 1.47 bits per heavy atom. The third kappa shape index (κ3) is 3.73. The molecule has 0 aromatic carbocycles. The van der Waals surface area contributed by atoms with Gasteiger partial charge in [-0.1, -0.05) is 25.0 Å². The lowest BCUT2D eigenvalue weighted by Gasteiger charge is -2.21. The average molecular weight is 232 g/mol. The van der Waals surface area contributed by atoms with E-state index in [9.17, 15) is 14.3 Å². The smallest absolute Gasteiger partial charge is 0.333 e. The van der Waals surface area contributed by atoms with Crippen LogP contribution in [0.5, 0.6) is 0 Å². The van der Waals surface area contributed by atoms with E-state index < -0.39 is 19.2 Å². The van der Waals surface area contributed by atoms with Crippen LogP contribution in [0.3, 0.4) is 0 Å². The standard InChI is InChI=1S/C10H17O4P/c1-5-10(6-2,15(12)13)7-14-9(11)8(3)4/h3,5-7H2,1-2,4H3. The SMILES string of the molecule is C=C(C)C(=O)OCC(CC)(CC)[P+](=O)[O-]. The van der Waals surface area contributed by atoms with Crippen molar-refractivity contribution in [1.82, 2.24) is 0 Å². The first-order chi connectivity index (χ1) is 6.89. The number of carbonyl (C=O) groups is 1. The summed E-state index contributed by atoms with van der Waals surface area (Å²) in [5.74, 6) is -0.543. The highest BCUT2D eigenvalue weighted by atomic mass is 31.1. The molecule has 0 aromatic rings. The maximum absolute atomic E-state index is 11.1. The van der Waals surface area contributed by atoms with E-state index in [1.54, 1.807) is 13.8 Å². The molecule has 1 atom stereocenters. The number of rotatable bonds is 6. The minimum atomic E-state index is -2.61. The van der Waals surface area contributed by atoms with Crippen LogP contribution in [-0.4, -0.2) is 17.7 Å². The van der Waals surface area contributed by atoms with E-state index in [-0.39, 0.29) is 12.2 Å². The Balaban J connectivity index is 4.50. The van der Waals surface area contributed by atoms with Gasteiger partial charge in [-0.25, -0.2) is 4.79 Å². The number of carbonyl (C=O) groups excluding carboxylic acids is 1. The monoisotopic (exact) mass is 232 g/mol. The fourth-order valence-corrected chi connectivity index (χ4v) is 1.77. The summed E-state index contributed by atoms with van der Waals surface area (Å²) in [6, 6.07) is 0. The Morgan fingerprint density at radius 2 is 1.93 bits per heavy atom. The summed E-state index contributed by atoms with van der Waals surface area (Å²) >= 11 is 0. The van der Waals surface area contributed by atoms with E-state index in [4.69, 9.17) is 4.74 Å². The van der Waals surface area contributed by atoms with Crippen molar-refractivity contribution in [2.45, 2.75) is 38.8 Å². The van der Waals surface area contributed by atoms with Gasteiger partial charge in [-0.05, 0) is 19.8 Å². The number of hydrogen-bond acceptors (Lipinski definition) is 4. The molecule has 0 aromatic heterocycles. The predicted octanol–water partition coefficient (Wildman–Crippen LogP) is 1.77. The molecule has 0 fully saturated rings. The molecule has 0 amide bonds. The third-order valence-electron chi connectivity index (χ3n) is 2.52. The van der Waals surface area contributed by atoms with Gasteiger partial charge in [-0.15, -0.1) is 0 Å². The highest BCUT2D eigenvalue weighted by molar-refractivity contribution is 7.38. The van der Waals surface area contributed by atoms with Gasteiger partial charge < -0.3 is 9.63 Å². The molecule has 0 aliphatic heterocycles. The molecule has 0 heterocycles. The Morgan fingerprint density at radius 3 is 2.20 bits per heavy atom. The van der Waals surface area contributed by atoms with Crippen LogP contribution in [0.2, 0.25) is 0 Å². The second kappa shape index (κ2) is 5.99. The molecule has 15 heavy (non-hydrogen) atoms. The minimum Gasteiger partial charge on any atom is -0.595 e. The molecule has 0 spiro atoms. The maximum Gasteiger partial charge on any atom is 0.333 e. The molecule has 0 radical (unpaired) electrons. The van der Waals surface area contributed by atoms with Crippen LogP contribution in [-0.2, 0) is 14.1 Å². The largest absolute Gasteiger partial charge is 0.595 e. The fraction of sp³-hybridized carbons (Fsp3) is 0.700. The Labute approximate surface area is 91.2 Å². The number of ether oxygens (including phenoxy) is 1. The highest BCUT2D eigenvalue weighted by Crippen LogP contribution is 2.38. The Bertz CT molecular complexity index is 269. The van der Waals surface area contributed by atoms with E-state index >= 15 is 0 Å². The zero-order valence-corrected chi connectivity index (χ0v) is 10.3. The van der Waals surface area contributed by atoms with Crippen LogP contribution in [0.15, 0.2) is 12.2 Å². The van der Waals surface area contributed by atoms with E-state index in [0.717, 1.165) is 0 Å². The molecule has 0 bridgehead atoms. The van der Waals surface area contributed by atoms with Crippen molar-refractivity contribution >= 4 is 14.0 Å². The average Bonchev–Trinajstić information content (AvgIpc) is 2.19. The van der Waals surface area contributed by atoms with Gasteiger partial charge >= 0.3 is 14.0 Å². The Kier molecular flexibility index (Phi) is 5.69. The van der Waals surface area contributed by atoms with Gasteiger partial charge in [0.25, 0.3) is 0 Å². The molecule has 0 aliphatic rings. The van der Waals surface area contributed by atoms with Crippen LogP contribution < -0.4 is 4.89 Å². The molecule has 0 N–H and O–H groups in total. The summed E-state index contributed by atoms with van der Waals surface area (Å²) in [7, 11) is -2.61. The van der Waals surface area contributed by atoms with Crippen molar-refractivity contribution in [3.63, 3.8) is 0 Å². The van der Waals surface area contributed by atoms with Gasteiger partial charge in [0, 0.05) is 5.57 Å². The van der Waals surface area contributed by atoms with E-state index in [1.165, 1.54) is 6.92 Å². The quantitative estimate of drug-likeness (QED) is 0.397. The minimum absolute atomic E-state index is 0.0929. The second-order valence-electron chi connectivity index (χ2n) is 3.55. The third-order valence-corrected chi connectivity index (χ3v) is 4.06. The summed E-state index contributed by atoms with van der Waals surface area (Å²) in [4.78, 5) is 22.2. The maximum atomic E-state index is 11.1. The normalized spacial score (nSPS) is 12.1. The van der Waals surface area contributed by atoms with Crippen molar-refractivity contribution in [3.8, 4) is 0 Å². The molecule has 86 valence electrons. The predicted molar refractivity (Wildman–Crippen MR) is 56.7 cm³/mol. The first kappa shape index (κ1) is 14.3. The molecule has 1 unspecified atom stereocenters. The van der Waals surface area contributed by atoms with Crippen LogP contribution in [0.25, 0.3) is 0 Å².